The molecular weight excluding hydrogens is 393 g/mol. The Hall–Kier alpha value is -0.720. The molecule has 98 valence electrons. The van der Waals surface area contributed by atoms with Gasteiger partial charge in [0.15, 0.2) is 0 Å². The molecule has 0 spiro atoms. The predicted molar refractivity (Wildman–Crippen MR) is 90.0 cm³/mol. The third kappa shape index (κ3) is 5.04. The molecule has 0 atom stereocenters. The van der Waals surface area contributed by atoms with Crippen LogP contribution in [0.15, 0.2) is 53.4 Å². The molecule has 0 saturated carbocycles. The number of carbonyl (C=O) groups is 1. The number of amides is 1. The molecule has 2 nitrogen and oxygen atoms in total. The van der Waals surface area contributed by atoms with Crippen LogP contribution in [0.3, 0.4) is 0 Å². The highest BCUT2D eigenvalue weighted by molar-refractivity contribution is 14.1. The van der Waals surface area contributed by atoms with Crippen molar-refractivity contribution < 1.29 is 4.79 Å². The zero-order valence-corrected chi connectivity index (χ0v) is 13.6. The van der Waals surface area contributed by atoms with E-state index >= 15 is 0 Å². The monoisotopic (exact) mass is 403 g/mol. The standard InChI is InChI=1S/C14H11ClINOS/c15-10-2-1-3-13(8-10)19-9-14(18)17-12-6-4-11(16)5-7-12/h1-8H,9H2,(H,17,18). The van der Waals surface area contributed by atoms with Crippen molar-refractivity contribution in [2.45, 2.75) is 4.90 Å². The summed E-state index contributed by atoms with van der Waals surface area (Å²) in [6, 6.07) is 15.2. The van der Waals surface area contributed by atoms with E-state index in [1.807, 2.05) is 48.5 Å². The molecule has 0 fully saturated rings. The van der Waals surface area contributed by atoms with Crippen LogP contribution in [0, 0.1) is 3.57 Å². The summed E-state index contributed by atoms with van der Waals surface area (Å²) in [6.07, 6.45) is 0. The van der Waals surface area contributed by atoms with Crippen LogP contribution in [0.2, 0.25) is 5.02 Å². The van der Waals surface area contributed by atoms with Crippen molar-refractivity contribution in [3.8, 4) is 0 Å². The van der Waals surface area contributed by atoms with Crippen LogP contribution in [0.4, 0.5) is 5.69 Å². The summed E-state index contributed by atoms with van der Waals surface area (Å²) in [7, 11) is 0. The van der Waals surface area contributed by atoms with Crippen LogP contribution < -0.4 is 5.32 Å². The maximum atomic E-state index is 11.8. The van der Waals surface area contributed by atoms with Crippen molar-refractivity contribution >= 4 is 57.5 Å². The third-order valence-electron chi connectivity index (χ3n) is 2.29. The van der Waals surface area contributed by atoms with Gasteiger partial charge in [0, 0.05) is 19.2 Å². The highest BCUT2D eigenvalue weighted by atomic mass is 127. The molecule has 19 heavy (non-hydrogen) atoms. The van der Waals surface area contributed by atoms with Gasteiger partial charge in [0.05, 0.1) is 5.75 Å². The van der Waals surface area contributed by atoms with Crippen LogP contribution >= 0.6 is 46.0 Å². The molecule has 0 aliphatic rings. The molecule has 1 amide bonds. The first-order valence-electron chi connectivity index (χ1n) is 5.57. The van der Waals surface area contributed by atoms with Crippen LogP contribution in [0.1, 0.15) is 0 Å². The van der Waals surface area contributed by atoms with Gasteiger partial charge in [0.25, 0.3) is 0 Å². The predicted octanol–water partition coefficient (Wildman–Crippen LogP) is 4.68. The lowest BCUT2D eigenvalue weighted by atomic mass is 10.3. The quantitative estimate of drug-likeness (QED) is 0.593. The van der Waals surface area contributed by atoms with Gasteiger partial charge in [-0.3, -0.25) is 4.79 Å². The lowest BCUT2D eigenvalue weighted by molar-refractivity contribution is -0.113. The Balaban J connectivity index is 1.86. The Kier molecular flexibility index (Phi) is 5.54. The molecule has 0 heterocycles. The average molecular weight is 404 g/mol. The molecule has 2 aromatic carbocycles. The minimum Gasteiger partial charge on any atom is -0.325 e. The van der Waals surface area contributed by atoms with E-state index in [-0.39, 0.29) is 5.91 Å². The van der Waals surface area contributed by atoms with E-state index in [2.05, 4.69) is 27.9 Å². The second-order valence-electron chi connectivity index (χ2n) is 3.80. The largest absolute Gasteiger partial charge is 0.325 e. The Labute approximate surface area is 135 Å². The van der Waals surface area contributed by atoms with Crippen molar-refractivity contribution in [2.24, 2.45) is 0 Å². The summed E-state index contributed by atoms with van der Waals surface area (Å²) in [5.74, 6) is 0.345. The number of thioether (sulfide) groups is 1. The van der Waals surface area contributed by atoms with Gasteiger partial charge in [-0.15, -0.1) is 11.8 Å². The molecule has 5 heteroatoms. The lowest BCUT2D eigenvalue weighted by Gasteiger charge is -2.05. The molecule has 0 radical (unpaired) electrons. The van der Waals surface area contributed by atoms with E-state index in [1.54, 1.807) is 0 Å². The molecular formula is C14H11ClINOS. The average Bonchev–Trinajstić information content (AvgIpc) is 2.39. The highest BCUT2D eigenvalue weighted by Crippen LogP contribution is 2.21. The molecule has 0 unspecified atom stereocenters. The minimum absolute atomic E-state index is 0.0221. The number of nitrogens with one attached hydrogen (secondary N) is 1. The number of anilines is 1. The van der Waals surface area contributed by atoms with Crippen LogP contribution in [0.5, 0.6) is 0 Å². The minimum atomic E-state index is -0.0221. The van der Waals surface area contributed by atoms with Crippen molar-refractivity contribution in [1.29, 1.82) is 0 Å². The van der Waals surface area contributed by atoms with Crippen LogP contribution in [0.25, 0.3) is 0 Å². The fraction of sp³-hybridized carbons (Fsp3) is 0.0714. The summed E-state index contributed by atoms with van der Waals surface area (Å²) < 4.78 is 1.14. The number of carbonyl (C=O) groups excluding carboxylic acids is 1. The normalized spacial score (nSPS) is 10.2. The second-order valence-corrected chi connectivity index (χ2v) is 6.53. The van der Waals surface area contributed by atoms with Gasteiger partial charge in [-0.25, -0.2) is 0 Å². The maximum absolute atomic E-state index is 11.8. The molecule has 0 aliphatic heterocycles. The summed E-state index contributed by atoms with van der Waals surface area (Å²) in [5, 5.41) is 3.54. The molecule has 0 aliphatic carbocycles. The van der Waals surface area contributed by atoms with Crippen LogP contribution in [-0.4, -0.2) is 11.7 Å². The van der Waals surface area contributed by atoms with E-state index in [0.717, 1.165) is 14.2 Å². The molecule has 2 aromatic rings. The number of hydrogen-bond acceptors (Lipinski definition) is 2. The third-order valence-corrected chi connectivity index (χ3v) is 4.24. The number of benzene rings is 2. The Morgan fingerprint density at radius 3 is 2.63 bits per heavy atom. The number of hydrogen-bond donors (Lipinski definition) is 1. The van der Waals surface area contributed by atoms with Crippen molar-refractivity contribution in [1.82, 2.24) is 0 Å². The summed E-state index contributed by atoms with van der Waals surface area (Å²) >= 11 is 9.59. The van der Waals surface area contributed by atoms with E-state index in [4.69, 9.17) is 11.6 Å². The highest BCUT2D eigenvalue weighted by Gasteiger charge is 2.04. The van der Waals surface area contributed by atoms with Gasteiger partial charge >= 0.3 is 0 Å². The number of rotatable bonds is 4. The number of halogens is 2. The van der Waals surface area contributed by atoms with Crippen molar-refractivity contribution in [3.63, 3.8) is 0 Å². The van der Waals surface area contributed by atoms with E-state index < -0.39 is 0 Å². The Morgan fingerprint density at radius 1 is 1.21 bits per heavy atom. The molecule has 1 N–H and O–H groups in total. The van der Waals surface area contributed by atoms with Gasteiger partial charge in [0.1, 0.15) is 0 Å². The second kappa shape index (κ2) is 7.17. The Bertz CT molecular complexity index is 574. The van der Waals surface area contributed by atoms with Crippen molar-refractivity contribution in [3.05, 3.63) is 57.1 Å². The van der Waals surface area contributed by atoms with Gasteiger partial charge < -0.3 is 5.32 Å². The molecule has 2 rings (SSSR count). The lowest BCUT2D eigenvalue weighted by Crippen LogP contribution is -2.13. The fourth-order valence-corrected chi connectivity index (χ4v) is 2.81. The first-order chi connectivity index (χ1) is 9.13. The molecule has 0 bridgehead atoms. The van der Waals surface area contributed by atoms with E-state index in [0.29, 0.717) is 10.8 Å². The van der Waals surface area contributed by atoms with Crippen molar-refractivity contribution in [2.75, 3.05) is 11.1 Å². The topological polar surface area (TPSA) is 29.1 Å². The van der Waals surface area contributed by atoms with Gasteiger partial charge in [-0.1, -0.05) is 17.7 Å². The van der Waals surface area contributed by atoms with E-state index in [9.17, 15) is 4.79 Å². The molecule has 0 saturated heterocycles. The van der Waals surface area contributed by atoms with Gasteiger partial charge in [0.2, 0.25) is 5.91 Å². The van der Waals surface area contributed by atoms with Crippen LogP contribution in [-0.2, 0) is 4.79 Å². The SMILES string of the molecule is O=C(CSc1cccc(Cl)c1)Nc1ccc(I)cc1. The first kappa shape index (κ1) is 14.7. The molecule has 0 aromatic heterocycles. The fourth-order valence-electron chi connectivity index (χ4n) is 1.44. The first-order valence-corrected chi connectivity index (χ1v) is 8.01. The zero-order valence-electron chi connectivity index (χ0n) is 9.90. The smallest absolute Gasteiger partial charge is 0.234 e. The summed E-state index contributed by atoms with van der Waals surface area (Å²) in [4.78, 5) is 12.8. The van der Waals surface area contributed by atoms with E-state index in [1.165, 1.54) is 11.8 Å². The van der Waals surface area contributed by atoms with Gasteiger partial charge in [-0.05, 0) is 65.1 Å². The summed E-state index contributed by atoms with van der Waals surface area (Å²) in [5.41, 5.74) is 0.817. The maximum Gasteiger partial charge on any atom is 0.234 e. The summed E-state index contributed by atoms with van der Waals surface area (Å²) in [6.45, 7) is 0. The van der Waals surface area contributed by atoms with Gasteiger partial charge in [-0.2, -0.15) is 0 Å². The zero-order chi connectivity index (χ0) is 13.7. The Morgan fingerprint density at radius 2 is 1.95 bits per heavy atom.